The van der Waals surface area contributed by atoms with Gasteiger partial charge in [-0.15, -0.1) is 0 Å². The van der Waals surface area contributed by atoms with Gasteiger partial charge in [0.1, 0.15) is 42.7 Å². The minimum Gasteiger partial charge on any atom is -0.491 e. The van der Waals surface area contributed by atoms with Crippen molar-refractivity contribution in [2.24, 2.45) is 0 Å². The third-order valence-corrected chi connectivity index (χ3v) is 7.29. The standard InChI is InChI=1S/C24H21O5P/c1-2-4-16(5-3-1)29-30-23-10-17(25-12-19-14-27-19)6-8-21(23)22-9-7-18(11-24(22)30)26-13-20-15-28-20/h1-11,19-20H,12-15H2. The van der Waals surface area contributed by atoms with Gasteiger partial charge in [-0.05, 0) is 59.3 Å². The van der Waals surface area contributed by atoms with Crippen LogP contribution in [0.4, 0.5) is 0 Å². The van der Waals surface area contributed by atoms with Crippen LogP contribution >= 0.6 is 7.76 Å². The molecule has 6 heteroatoms. The Morgan fingerprint density at radius 3 is 1.73 bits per heavy atom. The van der Waals surface area contributed by atoms with Crippen LogP contribution in [0.2, 0.25) is 0 Å². The Balaban J connectivity index is 1.43. The molecule has 152 valence electrons. The summed E-state index contributed by atoms with van der Waals surface area (Å²) in [7, 11) is -1.03. The van der Waals surface area contributed by atoms with E-state index in [1.54, 1.807) is 0 Å². The Morgan fingerprint density at radius 1 is 0.700 bits per heavy atom. The Hall–Kier alpha value is -2.72. The molecule has 5 nitrogen and oxygen atoms in total. The molecule has 0 N–H and O–H groups in total. The predicted octanol–water partition coefficient (Wildman–Crippen LogP) is 5.38. The van der Waals surface area contributed by atoms with E-state index >= 15 is 0 Å². The Kier molecular flexibility index (Phi) is 4.53. The van der Waals surface area contributed by atoms with Gasteiger partial charge in [0.2, 0.25) is 0 Å². The highest BCUT2D eigenvalue weighted by Gasteiger charge is 2.24. The smallest absolute Gasteiger partial charge is 0.130 e. The molecule has 0 saturated carbocycles. The second-order valence-electron chi connectivity index (χ2n) is 7.59. The summed E-state index contributed by atoms with van der Waals surface area (Å²) in [6, 6.07) is 22.5. The minimum atomic E-state index is -1.03. The van der Waals surface area contributed by atoms with Gasteiger partial charge in [0.25, 0.3) is 0 Å². The van der Waals surface area contributed by atoms with Crippen LogP contribution in [-0.2, 0) is 9.47 Å². The van der Waals surface area contributed by atoms with Crippen LogP contribution in [0.1, 0.15) is 0 Å². The third-order valence-electron chi connectivity index (χ3n) is 5.28. The van der Waals surface area contributed by atoms with Crippen molar-refractivity contribution in [3.05, 3.63) is 66.7 Å². The zero-order valence-electron chi connectivity index (χ0n) is 16.3. The Labute approximate surface area is 175 Å². The van der Waals surface area contributed by atoms with E-state index in [-0.39, 0.29) is 12.2 Å². The summed E-state index contributed by atoms with van der Waals surface area (Å²) in [6.45, 7) is 2.75. The maximum Gasteiger partial charge on any atom is 0.130 e. The van der Waals surface area contributed by atoms with Crippen LogP contribution in [0.15, 0.2) is 66.7 Å². The number of rotatable bonds is 8. The maximum atomic E-state index is 6.52. The maximum absolute atomic E-state index is 6.52. The number of benzene rings is 3. The van der Waals surface area contributed by atoms with Crippen molar-refractivity contribution >= 4 is 28.8 Å². The summed E-state index contributed by atoms with van der Waals surface area (Å²) >= 11 is 0. The number of para-hydroxylation sites is 1. The highest BCUT2D eigenvalue weighted by Crippen LogP contribution is 2.51. The van der Waals surface area contributed by atoms with Crippen LogP contribution in [0.5, 0.6) is 17.2 Å². The van der Waals surface area contributed by atoms with Crippen molar-refractivity contribution < 1.29 is 23.5 Å². The Morgan fingerprint density at radius 2 is 1.23 bits per heavy atom. The first kappa shape index (κ1) is 18.1. The van der Waals surface area contributed by atoms with Gasteiger partial charge in [-0.2, -0.15) is 0 Å². The van der Waals surface area contributed by atoms with Crippen molar-refractivity contribution in [3.8, 4) is 17.2 Å². The molecule has 6 rings (SSSR count). The minimum absolute atomic E-state index is 0.229. The molecular formula is C24H21O5P. The van der Waals surface area contributed by atoms with E-state index in [9.17, 15) is 0 Å². The predicted molar refractivity (Wildman–Crippen MR) is 117 cm³/mol. The third kappa shape index (κ3) is 3.72. The fraction of sp³-hybridized carbons (Fsp3) is 0.250. The second-order valence-corrected chi connectivity index (χ2v) is 9.32. The zero-order valence-corrected chi connectivity index (χ0v) is 17.2. The number of hydrogen-bond acceptors (Lipinski definition) is 5. The molecular weight excluding hydrogens is 399 g/mol. The van der Waals surface area contributed by atoms with Crippen molar-refractivity contribution in [1.82, 2.24) is 0 Å². The zero-order chi connectivity index (χ0) is 19.9. The van der Waals surface area contributed by atoms with Crippen LogP contribution in [0.25, 0.3) is 21.0 Å². The molecule has 0 amide bonds. The van der Waals surface area contributed by atoms with Gasteiger partial charge in [-0.25, -0.2) is 0 Å². The lowest BCUT2D eigenvalue weighted by molar-refractivity contribution is 0.263. The number of fused-ring (bicyclic) bond motifs is 3. The molecule has 2 aliphatic rings. The Bertz CT molecular complexity index is 1120. The molecule has 0 radical (unpaired) electrons. The molecule has 3 aromatic carbocycles. The first-order chi connectivity index (χ1) is 14.8. The van der Waals surface area contributed by atoms with Crippen molar-refractivity contribution in [2.45, 2.75) is 12.2 Å². The SMILES string of the molecule is c1ccc(Op2c3cc(OCC4CO4)ccc3c3ccc(OCC4CO4)cc32)cc1. The highest BCUT2D eigenvalue weighted by atomic mass is 31.1. The van der Waals surface area contributed by atoms with Gasteiger partial charge < -0.3 is 23.5 Å². The summed E-state index contributed by atoms with van der Waals surface area (Å²) in [6.07, 6.45) is 0.459. The van der Waals surface area contributed by atoms with Gasteiger partial charge >= 0.3 is 0 Å². The molecule has 2 saturated heterocycles. The normalized spacial score (nSPS) is 20.3. The molecule has 2 fully saturated rings. The molecule has 2 atom stereocenters. The average molecular weight is 420 g/mol. The quantitative estimate of drug-likeness (QED) is 0.359. The van der Waals surface area contributed by atoms with Gasteiger partial charge in [-0.3, -0.25) is 0 Å². The largest absolute Gasteiger partial charge is 0.491 e. The lowest BCUT2D eigenvalue weighted by Crippen LogP contribution is -2.03. The summed E-state index contributed by atoms with van der Waals surface area (Å²) in [5.41, 5.74) is 0. The summed E-state index contributed by atoms with van der Waals surface area (Å²) in [4.78, 5) is 0. The number of ether oxygens (including phenoxy) is 4. The molecule has 30 heavy (non-hydrogen) atoms. The van der Waals surface area contributed by atoms with Gasteiger partial charge in [-0.1, -0.05) is 18.2 Å². The first-order valence-corrected chi connectivity index (χ1v) is 11.4. The van der Waals surface area contributed by atoms with E-state index in [2.05, 4.69) is 24.3 Å². The molecule has 1 aromatic heterocycles. The molecule has 4 aromatic rings. The van der Waals surface area contributed by atoms with E-state index in [0.717, 1.165) is 30.5 Å². The fourth-order valence-corrected chi connectivity index (χ4v) is 5.62. The van der Waals surface area contributed by atoms with E-state index in [0.29, 0.717) is 13.2 Å². The average Bonchev–Trinajstić information content (AvgIpc) is 3.71. The van der Waals surface area contributed by atoms with E-state index < -0.39 is 7.76 Å². The lowest BCUT2D eigenvalue weighted by Gasteiger charge is -2.09. The lowest BCUT2D eigenvalue weighted by atomic mass is 10.1. The second kappa shape index (κ2) is 7.51. The van der Waals surface area contributed by atoms with Crippen molar-refractivity contribution in [1.29, 1.82) is 0 Å². The fourth-order valence-electron chi connectivity index (χ4n) is 3.52. The van der Waals surface area contributed by atoms with Crippen LogP contribution in [-0.4, -0.2) is 38.6 Å². The first-order valence-electron chi connectivity index (χ1n) is 10.1. The van der Waals surface area contributed by atoms with E-state index in [4.69, 9.17) is 23.5 Å². The van der Waals surface area contributed by atoms with Crippen molar-refractivity contribution in [2.75, 3.05) is 26.4 Å². The molecule has 0 spiro atoms. The molecule has 3 heterocycles. The summed E-state index contributed by atoms with van der Waals surface area (Å²) in [5.74, 6) is 2.56. The van der Waals surface area contributed by atoms with Crippen molar-refractivity contribution in [3.63, 3.8) is 0 Å². The molecule has 0 aliphatic carbocycles. The molecule has 2 unspecified atom stereocenters. The highest BCUT2D eigenvalue weighted by molar-refractivity contribution is 7.57. The van der Waals surface area contributed by atoms with Gasteiger partial charge in [0.05, 0.1) is 21.0 Å². The van der Waals surface area contributed by atoms with Gasteiger partial charge in [0.15, 0.2) is 0 Å². The molecule has 0 bridgehead atoms. The topological polar surface area (TPSA) is 52.8 Å². The number of hydrogen-bond donors (Lipinski definition) is 0. The number of epoxide rings is 2. The summed E-state index contributed by atoms with van der Waals surface area (Å²) < 4.78 is 28.9. The monoisotopic (exact) mass is 420 g/mol. The summed E-state index contributed by atoms with van der Waals surface area (Å²) in [5, 5.41) is 4.72. The van der Waals surface area contributed by atoms with E-state index in [1.165, 1.54) is 21.0 Å². The van der Waals surface area contributed by atoms with Crippen LogP contribution in [0, 0.1) is 0 Å². The van der Waals surface area contributed by atoms with Crippen LogP contribution in [0.3, 0.4) is 0 Å². The van der Waals surface area contributed by atoms with Gasteiger partial charge in [0, 0.05) is 10.2 Å². The van der Waals surface area contributed by atoms with Crippen LogP contribution < -0.4 is 14.0 Å². The molecule has 2 aliphatic heterocycles. The van der Waals surface area contributed by atoms with E-state index in [1.807, 2.05) is 42.5 Å².